The minimum Gasteiger partial charge on any atom is -0.494 e. The molecule has 4 heteroatoms. The highest BCUT2D eigenvalue weighted by atomic mass is 16.5. The van der Waals surface area contributed by atoms with Gasteiger partial charge in [-0.2, -0.15) is 0 Å². The molecule has 0 aromatic heterocycles. The number of hydrogen-bond acceptors (Lipinski definition) is 3. The Hall–Kier alpha value is -2.33. The first-order valence-corrected chi connectivity index (χ1v) is 7.31. The molecule has 0 unspecified atom stereocenters. The number of hydrogen-bond donors (Lipinski definition) is 1. The summed E-state index contributed by atoms with van der Waals surface area (Å²) in [5.41, 5.74) is 2.76. The highest BCUT2D eigenvalue weighted by molar-refractivity contribution is 5.94. The third-order valence-corrected chi connectivity index (χ3v) is 3.29. The number of nitrogens with one attached hydrogen (secondary N) is 1. The predicted molar refractivity (Wildman–Crippen MR) is 85.9 cm³/mol. The van der Waals surface area contributed by atoms with Gasteiger partial charge in [0.25, 0.3) is 5.91 Å². The number of rotatable bonds is 7. The second-order valence-corrected chi connectivity index (χ2v) is 4.84. The van der Waals surface area contributed by atoms with Gasteiger partial charge in [0.1, 0.15) is 5.75 Å². The van der Waals surface area contributed by atoms with E-state index in [4.69, 9.17) is 9.47 Å². The molecule has 0 bridgehead atoms. The van der Waals surface area contributed by atoms with Gasteiger partial charge in [-0.15, -0.1) is 0 Å². The molecule has 0 heterocycles. The summed E-state index contributed by atoms with van der Waals surface area (Å²) in [6.07, 6.45) is 0. The normalized spacial score (nSPS) is 10.3. The summed E-state index contributed by atoms with van der Waals surface area (Å²) in [7, 11) is 1.66. The molecule has 0 aliphatic rings. The Morgan fingerprint density at radius 2 is 1.73 bits per heavy atom. The van der Waals surface area contributed by atoms with E-state index in [1.807, 2.05) is 31.2 Å². The molecule has 0 fully saturated rings. The van der Waals surface area contributed by atoms with Gasteiger partial charge in [-0.05, 0) is 42.3 Å². The zero-order valence-electron chi connectivity index (χ0n) is 13.0. The quantitative estimate of drug-likeness (QED) is 0.854. The van der Waals surface area contributed by atoms with Crippen LogP contribution in [0.25, 0.3) is 0 Å². The molecule has 1 N–H and O–H groups in total. The van der Waals surface area contributed by atoms with Gasteiger partial charge in [0.05, 0.1) is 13.2 Å². The van der Waals surface area contributed by atoms with E-state index in [1.54, 1.807) is 31.4 Å². The molecule has 22 heavy (non-hydrogen) atoms. The van der Waals surface area contributed by atoms with Crippen LogP contribution in [0.3, 0.4) is 0 Å². The van der Waals surface area contributed by atoms with Crippen LogP contribution >= 0.6 is 0 Å². The molecule has 0 atom stereocenters. The lowest BCUT2D eigenvalue weighted by molar-refractivity contribution is 0.0950. The maximum absolute atomic E-state index is 12.2. The Balaban J connectivity index is 1.97. The summed E-state index contributed by atoms with van der Waals surface area (Å²) >= 11 is 0. The third kappa shape index (κ3) is 4.33. The van der Waals surface area contributed by atoms with E-state index in [0.717, 1.165) is 16.9 Å². The summed E-state index contributed by atoms with van der Waals surface area (Å²) in [6.45, 7) is 3.56. The van der Waals surface area contributed by atoms with Crippen molar-refractivity contribution in [3.05, 3.63) is 65.2 Å². The molecule has 116 valence electrons. The summed E-state index contributed by atoms with van der Waals surface area (Å²) in [4.78, 5) is 12.2. The van der Waals surface area contributed by atoms with Crippen molar-refractivity contribution in [3.63, 3.8) is 0 Å². The Morgan fingerprint density at radius 1 is 1.05 bits per heavy atom. The Labute approximate surface area is 131 Å². The second kappa shape index (κ2) is 8.20. The minimum atomic E-state index is -0.102. The third-order valence-electron chi connectivity index (χ3n) is 3.29. The van der Waals surface area contributed by atoms with Gasteiger partial charge in [-0.25, -0.2) is 0 Å². The van der Waals surface area contributed by atoms with Gasteiger partial charge < -0.3 is 14.8 Å². The summed E-state index contributed by atoms with van der Waals surface area (Å²) in [5.74, 6) is 0.666. The second-order valence-electron chi connectivity index (χ2n) is 4.84. The molecule has 0 aliphatic carbocycles. The predicted octanol–water partition coefficient (Wildman–Crippen LogP) is 3.16. The first-order valence-electron chi connectivity index (χ1n) is 7.31. The van der Waals surface area contributed by atoms with E-state index >= 15 is 0 Å². The lowest BCUT2D eigenvalue weighted by Crippen LogP contribution is -2.23. The lowest BCUT2D eigenvalue weighted by Gasteiger charge is -2.10. The van der Waals surface area contributed by atoms with Gasteiger partial charge in [0.2, 0.25) is 0 Å². The van der Waals surface area contributed by atoms with E-state index in [1.165, 1.54) is 0 Å². The van der Waals surface area contributed by atoms with Crippen molar-refractivity contribution >= 4 is 5.91 Å². The number of benzene rings is 2. The molecule has 1 amide bonds. The molecule has 0 saturated heterocycles. The van der Waals surface area contributed by atoms with Gasteiger partial charge in [0, 0.05) is 19.2 Å². The zero-order valence-corrected chi connectivity index (χ0v) is 13.0. The van der Waals surface area contributed by atoms with Crippen molar-refractivity contribution < 1.29 is 14.3 Å². The molecule has 0 radical (unpaired) electrons. The largest absolute Gasteiger partial charge is 0.494 e. The Morgan fingerprint density at radius 3 is 2.36 bits per heavy atom. The number of methoxy groups -OCH3 is 1. The number of ether oxygens (including phenoxy) is 2. The number of carbonyl (C=O) groups excluding carboxylic acids is 1. The van der Waals surface area contributed by atoms with Gasteiger partial charge in [0.15, 0.2) is 0 Å². The SMILES string of the molecule is CCOc1ccc(C(=O)NCc2ccccc2COC)cc1. The Kier molecular flexibility index (Phi) is 5.98. The van der Waals surface area contributed by atoms with Crippen LogP contribution in [-0.4, -0.2) is 19.6 Å². The van der Waals surface area contributed by atoms with E-state index in [2.05, 4.69) is 5.32 Å². The van der Waals surface area contributed by atoms with Crippen molar-refractivity contribution in [1.82, 2.24) is 5.32 Å². The highest BCUT2D eigenvalue weighted by Gasteiger charge is 2.07. The average Bonchev–Trinajstić information content (AvgIpc) is 2.55. The monoisotopic (exact) mass is 299 g/mol. The maximum Gasteiger partial charge on any atom is 0.251 e. The summed E-state index contributed by atoms with van der Waals surface area (Å²) in [6, 6.07) is 15.1. The summed E-state index contributed by atoms with van der Waals surface area (Å²) in [5, 5.41) is 2.93. The molecule has 2 rings (SSSR count). The van der Waals surface area contributed by atoms with E-state index in [-0.39, 0.29) is 5.91 Å². The standard InChI is InChI=1S/C18H21NO3/c1-3-22-17-10-8-14(9-11-17)18(20)19-12-15-6-4-5-7-16(15)13-21-2/h4-11H,3,12-13H2,1-2H3,(H,19,20). The van der Waals surface area contributed by atoms with Crippen molar-refractivity contribution in [2.75, 3.05) is 13.7 Å². The molecular formula is C18H21NO3. The van der Waals surface area contributed by atoms with Crippen LogP contribution < -0.4 is 10.1 Å². The Bertz CT molecular complexity index is 608. The van der Waals surface area contributed by atoms with Crippen LogP contribution in [-0.2, 0) is 17.9 Å². The van der Waals surface area contributed by atoms with Crippen molar-refractivity contribution in [3.8, 4) is 5.75 Å². The molecule has 0 aliphatic heterocycles. The number of amides is 1. The highest BCUT2D eigenvalue weighted by Crippen LogP contribution is 2.13. The van der Waals surface area contributed by atoms with Crippen LogP contribution in [0.1, 0.15) is 28.4 Å². The van der Waals surface area contributed by atoms with Crippen LogP contribution in [0.5, 0.6) is 5.75 Å². The van der Waals surface area contributed by atoms with Crippen LogP contribution in [0.2, 0.25) is 0 Å². The number of carbonyl (C=O) groups is 1. The fraction of sp³-hybridized carbons (Fsp3) is 0.278. The van der Waals surface area contributed by atoms with E-state index in [9.17, 15) is 4.79 Å². The summed E-state index contributed by atoms with van der Waals surface area (Å²) < 4.78 is 10.5. The topological polar surface area (TPSA) is 47.6 Å². The molecule has 2 aromatic rings. The van der Waals surface area contributed by atoms with Crippen LogP contribution in [0.15, 0.2) is 48.5 Å². The van der Waals surface area contributed by atoms with Crippen molar-refractivity contribution in [1.29, 1.82) is 0 Å². The fourth-order valence-electron chi connectivity index (χ4n) is 2.17. The zero-order chi connectivity index (χ0) is 15.8. The first kappa shape index (κ1) is 16.0. The lowest BCUT2D eigenvalue weighted by atomic mass is 10.1. The van der Waals surface area contributed by atoms with Crippen LogP contribution in [0, 0.1) is 0 Å². The fourth-order valence-corrected chi connectivity index (χ4v) is 2.17. The van der Waals surface area contributed by atoms with E-state index < -0.39 is 0 Å². The van der Waals surface area contributed by atoms with Crippen LogP contribution in [0.4, 0.5) is 0 Å². The molecule has 4 nitrogen and oxygen atoms in total. The van der Waals surface area contributed by atoms with E-state index in [0.29, 0.717) is 25.3 Å². The molecule has 0 spiro atoms. The minimum absolute atomic E-state index is 0.102. The van der Waals surface area contributed by atoms with Crippen molar-refractivity contribution in [2.45, 2.75) is 20.1 Å². The van der Waals surface area contributed by atoms with Gasteiger partial charge >= 0.3 is 0 Å². The first-order chi connectivity index (χ1) is 10.7. The molecular weight excluding hydrogens is 278 g/mol. The maximum atomic E-state index is 12.2. The smallest absolute Gasteiger partial charge is 0.251 e. The van der Waals surface area contributed by atoms with Gasteiger partial charge in [-0.1, -0.05) is 24.3 Å². The van der Waals surface area contributed by atoms with Gasteiger partial charge in [-0.3, -0.25) is 4.79 Å². The average molecular weight is 299 g/mol. The molecule has 0 saturated carbocycles. The molecule has 2 aromatic carbocycles. The van der Waals surface area contributed by atoms with Crippen molar-refractivity contribution in [2.24, 2.45) is 0 Å².